The molecular weight excluding hydrogens is 252 g/mol. The van der Waals surface area contributed by atoms with Gasteiger partial charge in [0, 0.05) is 6.20 Å². The van der Waals surface area contributed by atoms with E-state index in [1.165, 1.54) is 16.9 Å². The third-order valence-electron chi connectivity index (χ3n) is 2.86. The lowest BCUT2D eigenvalue weighted by atomic mass is 10.2. The minimum Gasteiger partial charge on any atom is -0.343 e. The minimum atomic E-state index is -4.03. The highest BCUT2D eigenvalue weighted by molar-refractivity contribution is 5.50. The Balaban J connectivity index is 1.97. The number of halogens is 4. The fraction of sp³-hybridized carbons (Fsp3) is 0.400. The molecule has 0 N–H and O–H groups in total. The molecule has 0 radical (unpaired) electrons. The lowest BCUT2D eigenvalue weighted by molar-refractivity contribution is -0.172. The van der Waals surface area contributed by atoms with Crippen molar-refractivity contribution < 1.29 is 17.6 Å². The van der Waals surface area contributed by atoms with E-state index in [0.717, 1.165) is 4.90 Å². The second-order valence-corrected chi connectivity index (χ2v) is 4.19. The summed E-state index contributed by atoms with van der Waals surface area (Å²) in [4.78, 5) is 4.86. The lowest BCUT2D eigenvalue weighted by Gasteiger charge is -2.14. The molecule has 1 aliphatic heterocycles. The first-order valence-electron chi connectivity index (χ1n) is 5.20. The summed E-state index contributed by atoms with van der Waals surface area (Å²) in [5.41, 5.74) is 0.422. The molecule has 0 unspecified atom stereocenters. The molecule has 0 spiro atoms. The number of anilines is 1. The molecule has 96 valence electrons. The molecule has 8 heteroatoms. The Kier molecular flexibility index (Phi) is 2.08. The van der Waals surface area contributed by atoms with Crippen molar-refractivity contribution in [3.63, 3.8) is 0 Å². The zero-order valence-electron chi connectivity index (χ0n) is 9.02. The molecule has 0 bridgehead atoms. The van der Waals surface area contributed by atoms with E-state index >= 15 is 0 Å². The van der Waals surface area contributed by atoms with E-state index in [9.17, 15) is 17.6 Å². The predicted molar refractivity (Wildman–Crippen MR) is 55.1 cm³/mol. The zero-order valence-corrected chi connectivity index (χ0v) is 9.02. The quantitative estimate of drug-likeness (QED) is 0.733. The smallest absolute Gasteiger partial charge is 0.329 e. The monoisotopic (exact) mass is 260 g/mol. The van der Waals surface area contributed by atoms with E-state index in [1.54, 1.807) is 12.1 Å². The topological polar surface area (TPSA) is 33.4 Å². The first-order chi connectivity index (χ1) is 8.39. The Bertz CT molecular complexity index is 545. The molecule has 0 amide bonds. The standard InChI is InChI=1S/C10H8F4N4/c11-9(12)5-17(6-10(9,13)14)8-4-18-7(16-8)2-1-3-15-18/h1-4H,5-6H2. The number of hydrogen-bond donors (Lipinski definition) is 0. The van der Waals surface area contributed by atoms with Crippen molar-refractivity contribution in [3.05, 3.63) is 24.5 Å². The molecule has 18 heavy (non-hydrogen) atoms. The minimum absolute atomic E-state index is 0.0746. The van der Waals surface area contributed by atoms with Gasteiger partial charge in [0.15, 0.2) is 5.65 Å². The molecule has 4 nitrogen and oxygen atoms in total. The van der Waals surface area contributed by atoms with Crippen LogP contribution in [0.15, 0.2) is 24.5 Å². The van der Waals surface area contributed by atoms with Gasteiger partial charge in [0.2, 0.25) is 0 Å². The summed E-state index contributed by atoms with van der Waals surface area (Å²) < 4.78 is 53.6. The highest BCUT2D eigenvalue weighted by Gasteiger charge is 2.63. The summed E-state index contributed by atoms with van der Waals surface area (Å²) in [6.45, 7) is -2.08. The van der Waals surface area contributed by atoms with Gasteiger partial charge in [-0.25, -0.2) is 9.50 Å². The van der Waals surface area contributed by atoms with Crippen molar-refractivity contribution >= 4 is 11.5 Å². The maximum absolute atomic E-state index is 13.1. The number of fused-ring (bicyclic) bond motifs is 1. The van der Waals surface area contributed by atoms with Crippen LogP contribution in [0.4, 0.5) is 23.4 Å². The van der Waals surface area contributed by atoms with E-state index < -0.39 is 24.9 Å². The average molecular weight is 260 g/mol. The summed E-state index contributed by atoms with van der Waals surface area (Å²) >= 11 is 0. The molecule has 3 rings (SSSR count). The van der Waals surface area contributed by atoms with Crippen molar-refractivity contribution in [2.75, 3.05) is 18.0 Å². The molecule has 0 atom stereocenters. The Labute approximate surface area is 98.8 Å². The molecule has 0 aliphatic carbocycles. The number of hydrogen-bond acceptors (Lipinski definition) is 3. The Morgan fingerprint density at radius 2 is 1.78 bits per heavy atom. The second-order valence-electron chi connectivity index (χ2n) is 4.19. The van der Waals surface area contributed by atoms with Gasteiger partial charge in [0.05, 0.1) is 19.3 Å². The van der Waals surface area contributed by atoms with Gasteiger partial charge in [-0.3, -0.25) is 0 Å². The van der Waals surface area contributed by atoms with Crippen LogP contribution in [0, 0.1) is 0 Å². The summed E-state index contributed by atoms with van der Waals surface area (Å²) in [5.74, 6) is -7.99. The van der Waals surface area contributed by atoms with Crippen molar-refractivity contribution in [2.24, 2.45) is 0 Å². The van der Waals surface area contributed by atoms with Crippen LogP contribution in [0.2, 0.25) is 0 Å². The normalized spacial score (nSPS) is 21.7. The van der Waals surface area contributed by atoms with Crippen LogP contribution in [-0.2, 0) is 0 Å². The molecule has 1 aliphatic rings. The van der Waals surface area contributed by atoms with Gasteiger partial charge in [0.25, 0.3) is 0 Å². The number of imidazole rings is 1. The first kappa shape index (κ1) is 11.2. The van der Waals surface area contributed by atoms with Crippen LogP contribution in [0.3, 0.4) is 0 Å². The van der Waals surface area contributed by atoms with Crippen molar-refractivity contribution in [2.45, 2.75) is 11.8 Å². The molecule has 3 heterocycles. The number of alkyl halides is 4. The van der Waals surface area contributed by atoms with Gasteiger partial charge in [-0.1, -0.05) is 0 Å². The van der Waals surface area contributed by atoms with Crippen LogP contribution in [0.1, 0.15) is 0 Å². The van der Waals surface area contributed by atoms with Crippen LogP contribution in [0.25, 0.3) is 5.65 Å². The molecule has 2 aromatic heterocycles. The molecular formula is C10H8F4N4. The summed E-state index contributed by atoms with van der Waals surface area (Å²) in [6, 6.07) is 3.24. The summed E-state index contributed by atoms with van der Waals surface area (Å²) in [7, 11) is 0. The van der Waals surface area contributed by atoms with Crippen LogP contribution >= 0.6 is 0 Å². The molecule has 0 aromatic carbocycles. The zero-order chi connectivity index (χ0) is 13.0. The third-order valence-corrected chi connectivity index (χ3v) is 2.86. The van der Waals surface area contributed by atoms with Crippen LogP contribution in [0.5, 0.6) is 0 Å². The third kappa shape index (κ3) is 1.52. The van der Waals surface area contributed by atoms with E-state index in [-0.39, 0.29) is 5.82 Å². The lowest BCUT2D eigenvalue weighted by Crippen LogP contribution is -2.38. The van der Waals surface area contributed by atoms with Gasteiger partial charge in [-0.05, 0) is 12.1 Å². The second kappa shape index (κ2) is 3.33. The van der Waals surface area contributed by atoms with Crippen LogP contribution in [-0.4, -0.2) is 39.5 Å². The van der Waals surface area contributed by atoms with Crippen molar-refractivity contribution in [1.82, 2.24) is 14.6 Å². The highest BCUT2D eigenvalue weighted by Crippen LogP contribution is 2.42. The van der Waals surface area contributed by atoms with E-state index in [4.69, 9.17) is 0 Å². The van der Waals surface area contributed by atoms with E-state index in [1.807, 2.05) is 0 Å². The van der Waals surface area contributed by atoms with Gasteiger partial charge in [-0.15, -0.1) is 0 Å². The molecule has 1 saturated heterocycles. The van der Waals surface area contributed by atoms with Gasteiger partial charge in [-0.2, -0.15) is 22.7 Å². The predicted octanol–water partition coefficient (Wildman–Crippen LogP) is 1.82. The number of rotatable bonds is 1. The maximum Gasteiger partial charge on any atom is 0.329 e. The first-order valence-corrected chi connectivity index (χ1v) is 5.20. The Morgan fingerprint density at radius 1 is 1.11 bits per heavy atom. The average Bonchev–Trinajstić information content (AvgIpc) is 2.78. The largest absolute Gasteiger partial charge is 0.343 e. The van der Waals surface area contributed by atoms with Crippen molar-refractivity contribution in [1.29, 1.82) is 0 Å². The summed E-state index contributed by atoms with van der Waals surface area (Å²) in [6.07, 6.45) is 2.85. The molecule has 1 fully saturated rings. The fourth-order valence-electron chi connectivity index (χ4n) is 1.90. The SMILES string of the molecule is FC1(F)CN(c2cn3ncccc3n2)CC1(F)F. The fourth-order valence-corrected chi connectivity index (χ4v) is 1.90. The van der Waals surface area contributed by atoms with E-state index in [2.05, 4.69) is 10.1 Å². The molecule has 0 saturated carbocycles. The number of aromatic nitrogens is 3. The maximum atomic E-state index is 13.1. The van der Waals surface area contributed by atoms with Crippen molar-refractivity contribution in [3.8, 4) is 0 Å². The summed E-state index contributed by atoms with van der Waals surface area (Å²) in [5, 5.41) is 3.90. The van der Waals surface area contributed by atoms with E-state index in [0.29, 0.717) is 5.65 Å². The van der Waals surface area contributed by atoms with Crippen LogP contribution < -0.4 is 4.90 Å². The Hall–Kier alpha value is -1.86. The van der Waals surface area contributed by atoms with Gasteiger partial charge >= 0.3 is 11.8 Å². The van der Waals surface area contributed by atoms with Gasteiger partial charge < -0.3 is 4.90 Å². The van der Waals surface area contributed by atoms with Gasteiger partial charge in [0.1, 0.15) is 5.82 Å². The Morgan fingerprint density at radius 3 is 2.39 bits per heavy atom. The number of nitrogens with zero attached hydrogens (tertiary/aromatic N) is 4. The molecule has 2 aromatic rings. The highest BCUT2D eigenvalue weighted by atomic mass is 19.3.